The van der Waals surface area contributed by atoms with Gasteiger partial charge in [0.05, 0.1) is 48.3 Å². The number of para-hydroxylation sites is 1. The highest BCUT2D eigenvalue weighted by Crippen LogP contribution is 2.37. The quantitative estimate of drug-likeness (QED) is 0.292. The minimum absolute atomic E-state index is 0.264. The number of thiazole rings is 1. The standard InChI is InChI=1S/C33H28ClN3O5S/c1-18(2)42-32(40)26-19(3)35-33-37(28(26)21-11-15-23(41-4)16-12-21)31(39)29(43-33)27-24-7-5-6-8-25(24)36(30(27)38)17-20-9-13-22(34)14-10-20/h5-16,18,28H,17H2,1-4H3. The predicted octanol–water partition coefficient (Wildman–Crippen LogP) is 4.77. The molecule has 1 unspecified atom stereocenters. The summed E-state index contributed by atoms with van der Waals surface area (Å²) >= 11 is 7.22. The van der Waals surface area contributed by atoms with E-state index in [1.165, 1.54) is 4.57 Å². The average Bonchev–Trinajstić information content (AvgIpc) is 3.45. The maximum absolute atomic E-state index is 14.4. The minimum Gasteiger partial charge on any atom is -0.497 e. The number of halogens is 1. The van der Waals surface area contributed by atoms with Crippen LogP contribution in [0, 0.1) is 0 Å². The molecule has 0 N–H and O–H groups in total. The normalized spacial score (nSPS) is 17.1. The van der Waals surface area contributed by atoms with Gasteiger partial charge < -0.3 is 14.4 Å². The van der Waals surface area contributed by atoms with Gasteiger partial charge in [-0.05, 0) is 62.2 Å². The number of hydrogen-bond acceptors (Lipinski definition) is 7. The van der Waals surface area contributed by atoms with E-state index in [-0.39, 0.29) is 22.1 Å². The first kappa shape index (κ1) is 28.6. The second-order valence-electron chi connectivity index (χ2n) is 10.5. The molecule has 4 aromatic rings. The topological polar surface area (TPSA) is 90.2 Å². The number of methoxy groups -OCH3 is 1. The zero-order valence-corrected chi connectivity index (χ0v) is 25.5. The lowest BCUT2D eigenvalue weighted by atomic mass is 9.95. The van der Waals surface area contributed by atoms with Crippen LogP contribution in [-0.2, 0) is 20.9 Å². The molecule has 43 heavy (non-hydrogen) atoms. The summed E-state index contributed by atoms with van der Waals surface area (Å²) in [4.78, 5) is 48.6. The number of aromatic nitrogens is 1. The van der Waals surface area contributed by atoms with Gasteiger partial charge in [-0.15, -0.1) is 0 Å². The Morgan fingerprint density at radius 1 is 1.02 bits per heavy atom. The third-order valence-corrected chi connectivity index (χ3v) is 8.70. The molecule has 0 bridgehead atoms. The molecule has 0 aliphatic carbocycles. The zero-order valence-electron chi connectivity index (χ0n) is 24.0. The molecule has 1 atom stereocenters. The van der Waals surface area contributed by atoms with Crippen molar-refractivity contribution >= 4 is 46.1 Å². The Hall–Kier alpha value is -4.47. The molecular formula is C33H28ClN3O5S. The van der Waals surface area contributed by atoms with Crippen LogP contribution in [0.5, 0.6) is 5.75 Å². The molecule has 10 heteroatoms. The molecule has 3 heterocycles. The molecule has 3 aromatic carbocycles. The van der Waals surface area contributed by atoms with Crippen molar-refractivity contribution in [3.05, 3.63) is 125 Å². The summed E-state index contributed by atoms with van der Waals surface area (Å²) in [6.07, 6.45) is -0.365. The Balaban J connectivity index is 1.55. The van der Waals surface area contributed by atoms with Gasteiger partial charge in [-0.2, -0.15) is 0 Å². The molecule has 0 saturated carbocycles. The number of allylic oxidation sites excluding steroid dienone is 1. The molecule has 6 rings (SSSR count). The number of rotatable bonds is 6. The average molecular weight is 614 g/mol. The maximum Gasteiger partial charge on any atom is 0.338 e. The van der Waals surface area contributed by atoms with E-state index in [4.69, 9.17) is 21.1 Å². The van der Waals surface area contributed by atoms with Gasteiger partial charge in [0.25, 0.3) is 11.5 Å². The van der Waals surface area contributed by atoms with Gasteiger partial charge in [0.15, 0.2) is 4.80 Å². The van der Waals surface area contributed by atoms with Gasteiger partial charge in [-0.1, -0.05) is 65.4 Å². The van der Waals surface area contributed by atoms with E-state index in [2.05, 4.69) is 4.99 Å². The Bertz CT molecular complexity index is 1970. The highest BCUT2D eigenvalue weighted by atomic mass is 35.5. The number of benzene rings is 3. The number of fused-ring (bicyclic) bond motifs is 2. The first-order chi connectivity index (χ1) is 20.7. The number of carbonyl (C=O) groups is 2. The van der Waals surface area contributed by atoms with Crippen LogP contribution in [0.1, 0.15) is 43.5 Å². The second-order valence-corrected chi connectivity index (χ2v) is 12.0. The number of nitrogens with zero attached hydrogens (tertiary/aromatic N) is 3. The monoisotopic (exact) mass is 613 g/mol. The Labute approximate surface area is 256 Å². The molecule has 1 amide bonds. The molecule has 0 spiro atoms. The first-order valence-corrected chi connectivity index (χ1v) is 14.9. The SMILES string of the molecule is COc1ccc(C2C(C(=O)OC(C)C)=C(C)N=c3sc(=C4C(=O)N(Cc5ccc(Cl)cc5)c5ccccc54)c(=O)n32)cc1. The highest BCUT2D eigenvalue weighted by Gasteiger charge is 2.37. The summed E-state index contributed by atoms with van der Waals surface area (Å²) in [5.74, 6) is -0.191. The van der Waals surface area contributed by atoms with Gasteiger partial charge in [0.2, 0.25) is 0 Å². The molecule has 1 aromatic heterocycles. The molecule has 8 nitrogen and oxygen atoms in total. The molecular weight excluding hydrogens is 586 g/mol. The second kappa shape index (κ2) is 11.3. The van der Waals surface area contributed by atoms with E-state index in [1.54, 1.807) is 57.0 Å². The summed E-state index contributed by atoms with van der Waals surface area (Å²) in [7, 11) is 1.57. The van der Waals surface area contributed by atoms with Crippen molar-refractivity contribution in [3.8, 4) is 5.75 Å². The molecule has 2 aliphatic heterocycles. The summed E-state index contributed by atoms with van der Waals surface area (Å²) in [6, 6.07) is 21.1. The van der Waals surface area contributed by atoms with Gasteiger partial charge in [0, 0.05) is 10.6 Å². The van der Waals surface area contributed by atoms with Gasteiger partial charge in [-0.3, -0.25) is 14.2 Å². The first-order valence-electron chi connectivity index (χ1n) is 13.7. The number of anilines is 1. The van der Waals surface area contributed by atoms with Crippen molar-refractivity contribution in [2.45, 2.75) is 39.5 Å². The van der Waals surface area contributed by atoms with Crippen molar-refractivity contribution in [1.29, 1.82) is 0 Å². The van der Waals surface area contributed by atoms with E-state index >= 15 is 0 Å². The largest absolute Gasteiger partial charge is 0.497 e. The fourth-order valence-corrected chi connectivity index (χ4v) is 6.70. The Morgan fingerprint density at radius 3 is 2.40 bits per heavy atom. The third-order valence-electron chi connectivity index (χ3n) is 7.40. The predicted molar refractivity (Wildman–Crippen MR) is 166 cm³/mol. The number of amides is 1. The summed E-state index contributed by atoms with van der Waals surface area (Å²) < 4.78 is 12.7. The van der Waals surface area contributed by atoms with Crippen molar-refractivity contribution in [3.63, 3.8) is 0 Å². The van der Waals surface area contributed by atoms with Crippen LogP contribution in [0.3, 0.4) is 0 Å². The fraction of sp³-hybridized carbons (Fsp3) is 0.212. The van der Waals surface area contributed by atoms with Crippen molar-refractivity contribution in [2.24, 2.45) is 4.99 Å². The number of ether oxygens (including phenoxy) is 2. The van der Waals surface area contributed by atoms with Crippen molar-refractivity contribution < 1.29 is 19.1 Å². The molecule has 0 saturated heterocycles. The fourth-order valence-electron chi connectivity index (χ4n) is 5.44. The highest BCUT2D eigenvalue weighted by molar-refractivity contribution is 7.07. The van der Waals surface area contributed by atoms with Crippen LogP contribution in [0.4, 0.5) is 5.69 Å². The van der Waals surface area contributed by atoms with Crippen LogP contribution < -0.4 is 24.5 Å². The smallest absolute Gasteiger partial charge is 0.338 e. The van der Waals surface area contributed by atoms with Gasteiger partial charge >= 0.3 is 5.97 Å². The summed E-state index contributed by atoms with van der Waals surface area (Å²) in [5, 5.41) is 0.608. The van der Waals surface area contributed by atoms with Crippen molar-refractivity contribution in [2.75, 3.05) is 12.0 Å². The van der Waals surface area contributed by atoms with E-state index in [1.807, 2.05) is 48.5 Å². The lowest BCUT2D eigenvalue weighted by Crippen LogP contribution is -2.41. The number of hydrogen-bond donors (Lipinski definition) is 0. The third kappa shape index (κ3) is 5.08. The van der Waals surface area contributed by atoms with Crippen LogP contribution in [0.2, 0.25) is 5.02 Å². The molecule has 2 aliphatic rings. The molecule has 0 fully saturated rings. The van der Waals surface area contributed by atoms with Crippen LogP contribution in [-0.4, -0.2) is 29.7 Å². The minimum atomic E-state index is -0.806. The van der Waals surface area contributed by atoms with Gasteiger partial charge in [0.1, 0.15) is 10.3 Å². The van der Waals surface area contributed by atoms with E-state index < -0.39 is 17.6 Å². The Kier molecular flexibility index (Phi) is 7.54. The van der Waals surface area contributed by atoms with Crippen LogP contribution in [0.25, 0.3) is 5.57 Å². The van der Waals surface area contributed by atoms with Crippen molar-refractivity contribution in [1.82, 2.24) is 4.57 Å². The van der Waals surface area contributed by atoms with E-state index in [0.717, 1.165) is 16.9 Å². The maximum atomic E-state index is 14.4. The number of esters is 1. The van der Waals surface area contributed by atoms with Crippen LogP contribution >= 0.6 is 22.9 Å². The Morgan fingerprint density at radius 2 is 1.72 bits per heavy atom. The van der Waals surface area contributed by atoms with Crippen LogP contribution in [0.15, 0.2) is 93.9 Å². The zero-order chi connectivity index (χ0) is 30.4. The molecule has 218 valence electrons. The van der Waals surface area contributed by atoms with E-state index in [9.17, 15) is 14.4 Å². The van der Waals surface area contributed by atoms with E-state index in [0.29, 0.717) is 50.2 Å². The lowest BCUT2D eigenvalue weighted by Gasteiger charge is -2.25. The lowest BCUT2D eigenvalue weighted by molar-refractivity contribution is -0.143. The van der Waals surface area contributed by atoms with Gasteiger partial charge in [-0.25, -0.2) is 9.79 Å². The summed E-state index contributed by atoms with van der Waals surface area (Å²) in [6.45, 7) is 5.59. The summed E-state index contributed by atoms with van der Waals surface area (Å²) in [5.41, 5.74) is 3.60. The number of carbonyl (C=O) groups excluding carboxylic acids is 2. The molecule has 0 radical (unpaired) electrons.